The highest BCUT2D eigenvalue weighted by Gasteiger charge is 2.46. The third-order valence-electron chi connectivity index (χ3n) is 5.69. The molecule has 1 aromatic carbocycles. The number of amides is 1. The zero-order valence-corrected chi connectivity index (χ0v) is 16.3. The fourth-order valence-electron chi connectivity index (χ4n) is 4.28. The number of carbonyl (C=O) groups excluding carboxylic acids is 1. The minimum absolute atomic E-state index is 0.0251. The number of nitrogens with one attached hydrogen (secondary N) is 3. The summed E-state index contributed by atoms with van der Waals surface area (Å²) < 4.78 is 22.3. The van der Waals surface area contributed by atoms with Crippen molar-refractivity contribution in [2.45, 2.75) is 42.5 Å². The van der Waals surface area contributed by atoms with Crippen LogP contribution in [0.4, 0.5) is 17.5 Å². The monoisotopic (exact) mass is 412 g/mol. The van der Waals surface area contributed by atoms with Crippen LogP contribution in [-0.4, -0.2) is 29.2 Å². The van der Waals surface area contributed by atoms with Crippen LogP contribution in [0.15, 0.2) is 41.4 Å². The smallest absolute Gasteiger partial charge is 0.264 e. The van der Waals surface area contributed by atoms with Crippen molar-refractivity contribution in [1.82, 2.24) is 20.0 Å². The zero-order valence-electron chi connectivity index (χ0n) is 15.5. The van der Waals surface area contributed by atoms with Crippen molar-refractivity contribution in [1.29, 1.82) is 0 Å². The summed E-state index contributed by atoms with van der Waals surface area (Å²) in [4.78, 5) is 22.2. The molecule has 2 aliphatic rings. The highest BCUT2D eigenvalue weighted by atomic mass is 32.2. The number of rotatable bonds is 3. The van der Waals surface area contributed by atoms with Crippen molar-refractivity contribution in [3.8, 4) is 0 Å². The molecule has 3 aromatic rings. The Morgan fingerprint density at radius 1 is 1.14 bits per heavy atom. The Hall–Kier alpha value is -2.98. The van der Waals surface area contributed by atoms with E-state index in [1.807, 2.05) is 10.6 Å². The predicted octanol–water partition coefficient (Wildman–Crippen LogP) is 2.87. The summed E-state index contributed by atoms with van der Waals surface area (Å²) >= 11 is -2.02. The van der Waals surface area contributed by atoms with E-state index in [-0.39, 0.29) is 5.91 Å². The maximum absolute atomic E-state index is 12.8. The lowest BCUT2D eigenvalue weighted by atomic mass is 9.80. The van der Waals surface area contributed by atoms with Gasteiger partial charge in [0.05, 0.1) is 4.90 Å². The van der Waals surface area contributed by atoms with Crippen LogP contribution in [0.25, 0.3) is 11.0 Å². The summed E-state index contributed by atoms with van der Waals surface area (Å²) in [5, 5.41) is 3.98. The quantitative estimate of drug-likeness (QED) is 0.488. The van der Waals surface area contributed by atoms with Crippen molar-refractivity contribution < 1.29 is 13.6 Å². The Bertz CT molecular complexity index is 1120. The van der Waals surface area contributed by atoms with E-state index in [0.717, 1.165) is 43.3 Å². The maximum atomic E-state index is 12.8. The summed E-state index contributed by atoms with van der Waals surface area (Å²) in [5.41, 5.74) is 6.57. The Labute approximate surface area is 169 Å². The van der Waals surface area contributed by atoms with Crippen LogP contribution in [0.1, 0.15) is 32.1 Å². The third kappa shape index (κ3) is 2.95. The van der Waals surface area contributed by atoms with Gasteiger partial charge >= 0.3 is 0 Å². The van der Waals surface area contributed by atoms with E-state index in [0.29, 0.717) is 22.2 Å². The topological polar surface area (TPSA) is 121 Å². The fraction of sp³-hybridized carbons (Fsp3) is 0.316. The minimum atomic E-state index is -2.02. The maximum Gasteiger partial charge on any atom is 0.264 e. The first-order valence-electron chi connectivity index (χ1n) is 9.50. The van der Waals surface area contributed by atoms with Crippen LogP contribution < -0.4 is 16.2 Å². The second-order valence-electron chi connectivity index (χ2n) is 7.41. The summed E-state index contributed by atoms with van der Waals surface area (Å²) in [6.45, 7) is 0. The van der Waals surface area contributed by atoms with Gasteiger partial charge in [0.15, 0.2) is 11.1 Å². The molecule has 5 rings (SSSR count). The fourth-order valence-corrected chi connectivity index (χ4v) is 4.65. The van der Waals surface area contributed by atoms with E-state index in [9.17, 15) is 9.00 Å². The Balaban J connectivity index is 1.55. The summed E-state index contributed by atoms with van der Waals surface area (Å²) in [7, 11) is 0. The van der Waals surface area contributed by atoms with E-state index in [1.54, 1.807) is 30.5 Å². The van der Waals surface area contributed by atoms with Gasteiger partial charge in [-0.2, -0.15) is 4.98 Å². The van der Waals surface area contributed by atoms with Crippen LogP contribution in [0.2, 0.25) is 0 Å². The number of anilines is 3. The predicted molar refractivity (Wildman–Crippen MR) is 109 cm³/mol. The van der Waals surface area contributed by atoms with Gasteiger partial charge in [-0.25, -0.2) is 9.19 Å². The average Bonchev–Trinajstić information content (AvgIpc) is 3.11. The summed E-state index contributed by atoms with van der Waals surface area (Å²) in [6, 6.07) is 8.48. The molecule has 0 radical (unpaired) electrons. The highest BCUT2D eigenvalue weighted by molar-refractivity contribution is 7.79. The molecule has 29 heavy (non-hydrogen) atoms. The molecule has 4 N–H and O–H groups in total. The van der Waals surface area contributed by atoms with Gasteiger partial charge in [-0.1, -0.05) is 19.3 Å². The number of hydrazine groups is 1. The molecule has 1 atom stereocenters. The SMILES string of the molecule is O=C1NNc2cc3cnc(Nc4ccc(S(=O)O)cc4)nc3n2C12CCCCC2. The van der Waals surface area contributed by atoms with Crippen LogP contribution in [-0.2, 0) is 21.4 Å². The summed E-state index contributed by atoms with van der Waals surface area (Å²) in [5.74, 6) is 1.18. The molecule has 10 heteroatoms. The molecule has 0 saturated heterocycles. The molecule has 3 heterocycles. The van der Waals surface area contributed by atoms with Crippen LogP contribution in [0, 0.1) is 0 Å². The Morgan fingerprint density at radius 3 is 2.62 bits per heavy atom. The van der Waals surface area contributed by atoms with Crippen LogP contribution in [0.3, 0.4) is 0 Å². The second kappa shape index (κ2) is 6.82. The lowest BCUT2D eigenvalue weighted by Crippen LogP contribution is -2.55. The van der Waals surface area contributed by atoms with Gasteiger partial charge in [0.25, 0.3) is 5.91 Å². The lowest BCUT2D eigenvalue weighted by Gasteiger charge is -2.41. The Kier molecular flexibility index (Phi) is 4.25. The van der Waals surface area contributed by atoms with E-state index >= 15 is 0 Å². The molecule has 1 saturated carbocycles. The standard InChI is InChI=1S/C19H20N6O3S/c26-17-19(8-2-1-3-9-19)25-15(23-24-17)10-12-11-20-18(22-16(12)25)21-13-4-6-14(7-5-13)29(27)28/h4-7,10-11,23H,1-3,8-9H2,(H,24,26)(H,27,28)(H,20,21,22). The van der Waals surface area contributed by atoms with Crippen molar-refractivity contribution in [2.75, 3.05) is 10.7 Å². The van der Waals surface area contributed by atoms with Gasteiger partial charge in [0, 0.05) is 17.3 Å². The van der Waals surface area contributed by atoms with Gasteiger partial charge in [0.2, 0.25) is 5.95 Å². The molecule has 0 bridgehead atoms. The lowest BCUT2D eigenvalue weighted by molar-refractivity contribution is -0.131. The molecular formula is C19H20N6O3S. The average molecular weight is 412 g/mol. The first kappa shape index (κ1) is 18.1. The molecule has 1 aliphatic carbocycles. The number of hydrogen-bond acceptors (Lipinski definition) is 6. The van der Waals surface area contributed by atoms with Gasteiger partial charge < -0.3 is 9.87 Å². The number of hydrogen-bond donors (Lipinski definition) is 4. The molecule has 1 spiro atoms. The number of benzene rings is 1. The number of nitrogens with zero attached hydrogens (tertiary/aromatic N) is 3. The van der Waals surface area contributed by atoms with Gasteiger partial charge in [-0.15, -0.1) is 0 Å². The van der Waals surface area contributed by atoms with Crippen LogP contribution in [0.5, 0.6) is 0 Å². The first-order chi connectivity index (χ1) is 14.1. The largest absolute Gasteiger partial charge is 0.324 e. The molecule has 1 fully saturated rings. The van der Waals surface area contributed by atoms with E-state index in [4.69, 9.17) is 9.54 Å². The van der Waals surface area contributed by atoms with Crippen molar-refractivity contribution >= 4 is 45.5 Å². The molecule has 150 valence electrons. The second-order valence-corrected chi connectivity index (χ2v) is 8.38. The molecule has 1 amide bonds. The normalized spacial score (nSPS) is 18.7. The van der Waals surface area contributed by atoms with Crippen molar-refractivity contribution in [3.63, 3.8) is 0 Å². The Morgan fingerprint density at radius 2 is 1.90 bits per heavy atom. The van der Waals surface area contributed by atoms with Crippen LogP contribution >= 0.6 is 0 Å². The number of carbonyl (C=O) groups is 1. The number of fused-ring (bicyclic) bond motifs is 4. The van der Waals surface area contributed by atoms with E-state index < -0.39 is 16.6 Å². The first-order valence-corrected chi connectivity index (χ1v) is 10.6. The molecular weight excluding hydrogens is 392 g/mol. The highest BCUT2D eigenvalue weighted by Crippen LogP contribution is 2.42. The molecule has 2 aromatic heterocycles. The van der Waals surface area contributed by atoms with E-state index in [1.165, 1.54) is 0 Å². The van der Waals surface area contributed by atoms with Crippen molar-refractivity contribution in [3.05, 3.63) is 36.5 Å². The molecule has 9 nitrogen and oxygen atoms in total. The molecule has 1 aliphatic heterocycles. The van der Waals surface area contributed by atoms with Gasteiger partial charge in [-0.3, -0.25) is 20.2 Å². The van der Waals surface area contributed by atoms with E-state index in [2.05, 4.69) is 21.2 Å². The van der Waals surface area contributed by atoms with Gasteiger partial charge in [0.1, 0.15) is 17.0 Å². The number of aromatic nitrogens is 3. The molecule has 1 unspecified atom stereocenters. The zero-order chi connectivity index (χ0) is 20.0. The van der Waals surface area contributed by atoms with Crippen molar-refractivity contribution in [2.24, 2.45) is 0 Å². The van der Waals surface area contributed by atoms with Gasteiger partial charge in [-0.05, 0) is 43.2 Å². The minimum Gasteiger partial charge on any atom is -0.324 e. The summed E-state index contributed by atoms with van der Waals surface area (Å²) in [6.07, 6.45) is 6.43. The third-order valence-corrected chi connectivity index (χ3v) is 6.36.